The maximum Gasteiger partial charge on any atom is 0.236 e. The van der Waals surface area contributed by atoms with E-state index in [0.29, 0.717) is 13.2 Å². The van der Waals surface area contributed by atoms with Gasteiger partial charge in [-0.05, 0) is 80.4 Å². The molecule has 0 atom stereocenters. The molecular formula is C37H42N2O3. The van der Waals surface area contributed by atoms with Crippen LogP contribution in [-0.4, -0.2) is 16.0 Å². The zero-order valence-corrected chi connectivity index (χ0v) is 25.6. The molecule has 0 unspecified atom stereocenters. The average molecular weight is 563 g/mol. The number of rotatable bonds is 7. The molecule has 0 aliphatic heterocycles. The Morgan fingerprint density at radius 1 is 0.667 bits per heavy atom. The second kappa shape index (κ2) is 13.4. The lowest BCUT2D eigenvalue weighted by molar-refractivity contribution is 0.0772. The van der Waals surface area contributed by atoms with Gasteiger partial charge >= 0.3 is 0 Å². The van der Waals surface area contributed by atoms with Gasteiger partial charge < -0.3 is 14.8 Å². The van der Waals surface area contributed by atoms with E-state index in [-0.39, 0.29) is 11.4 Å². The Morgan fingerprint density at radius 3 is 1.71 bits per heavy atom. The Kier molecular flexibility index (Phi) is 9.74. The van der Waals surface area contributed by atoms with Crippen LogP contribution in [0.2, 0.25) is 0 Å². The lowest BCUT2D eigenvalue weighted by Crippen LogP contribution is -2.25. The molecule has 5 heteroatoms. The molecule has 1 heterocycles. The minimum absolute atomic E-state index is 0.0758. The molecule has 0 aliphatic rings. The third-order valence-electron chi connectivity index (χ3n) is 6.39. The molecule has 1 aromatic heterocycles. The number of carbonyl (C=O) groups excluding carboxylic acids is 1. The van der Waals surface area contributed by atoms with Crippen LogP contribution < -0.4 is 14.8 Å². The monoisotopic (exact) mass is 562 g/mol. The van der Waals surface area contributed by atoms with Crippen LogP contribution in [0.5, 0.6) is 11.5 Å². The van der Waals surface area contributed by atoms with E-state index in [1.807, 2.05) is 124 Å². The van der Waals surface area contributed by atoms with Crippen LogP contribution in [-0.2, 0) is 13.2 Å². The van der Waals surface area contributed by atoms with E-state index >= 15 is 0 Å². The normalized spacial score (nSPS) is 11.4. The molecule has 42 heavy (non-hydrogen) atoms. The lowest BCUT2D eigenvalue weighted by Gasteiger charge is -2.22. The minimum Gasteiger partial charge on any atom is -0.489 e. The molecule has 5 nitrogen and oxygen atoms in total. The number of aromatic nitrogens is 1. The SMILES string of the molecule is CC(C)(C)C(=O)n1ccc2cc(OCc3ccccc3)ccc21.CC(C)(C)Nc1ccc(OCc2ccccc2)cc1. The topological polar surface area (TPSA) is 52.5 Å². The van der Waals surface area contributed by atoms with Crippen molar-refractivity contribution in [1.29, 1.82) is 0 Å². The van der Waals surface area contributed by atoms with Gasteiger partial charge in [0, 0.05) is 28.2 Å². The summed E-state index contributed by atoms with van der Waals surface area (Å²) >= 11 is 0. The van der Waals surface area contributed by atoms with Crippen molar-refractivity contribution in [3.05, 3.63) is 127 Å². The second-order valence-electron chi connectivity index (χ2n) is 12.4. The van der Waals surface area contributed by atoms with Gasteiger partial charge in [-0.1, -0.05) is 81.4 Å². The maximum absolute atomic E-state index is 12.5. The first-order valence-corrected chi connectivity index (χ1v) is 14.4. The highest BCUT2D eigenvalue weighted by atomic mass is 16.5. The number of fused-ring (bicyclic) bond motifs is 1. The number of hydrogen-bond donors (Lipinski definition) is 1. The number of anilines is 1. The van der Waals surface area contributed by atoms with Crippen molar-refractivity contribution in [3.63, 3.8) is 0 Å². The van der Waals surface area contributed by atoms with Crippen LogP contribution in [0.3, 0.4) is 0 Å². The first-order chi connectivity index (χ1) is 20.0. The zero-order valence-electron chi connectivity index (χ0n) is 25.6. The van der Waals surface area contributed by atoms with E-state index < -0.39 is 5.41 Å². The third kappa shape index (κ3) is 9.00. The molecular weight excluding hydrogens is 520 g/mol. The number of nitrogens with zero attached hydrogens (tertiary/aromatic N) is 1. The Balaban J connectivity index is 0.000000197. The van der Waals surface area contributed by atoms with Crippen LogP contribution in [0.4, 0.5) is 5.69 Å². The summed E-state index contributed by atoms with van der Waals surface area (Å²) in [5.74, 6) is 1.79. The van der Waals surface area contributed by atoms with Gasteiger partial charge in [0.25, 0.3) is 0 Å². The molecule has 0 saturated heterocycles. The fraction of sp³-hybridized carbons (Fsp3) is 0.270. The Morgan fingerprint density at radius 2 is 1.19 bits per heavy atom. The molecule has 218 valence electrons. The molecule has 4 aromatic carbocycles. The van der Waals surface area contributed by atoms with Crippen LogP contribution in [0, 0.1) is 5.41 Å². The molecule has 0 aliphatic carbocycles. The smallest absolute Gasteiger partial charge is 0.236 e. The number of ether oxygens (including phenoxy) is 2. The van der Waals surface area contributed by atoms with Gasteiger partial charge in [0.2, 0.25) is 5.91 Å². The van der Waals surface area contributed by atoms with Crippen LogP contribution in [0.25, 0.3) is 10.9 Å². The Hall–Kier alpha value is -4.51. The van der Waals surface area contributed by atoms with Gasteiger partial charge in [-0.2, -0.15) is 0 Å². The largest absolute Gasteiger partial charge is 0.489 e. The van der Waals surface area contributed by atoms with E-state index in [4.69, 9.17) is 9.47 Å². The standard InChI is InChI=1S/C20H21NO2.C17H21NO/c1-20(2,3)19(22)21-12-11-16-13-17(9-10-18(16)21)23-14-15-7-5-4-6-8-15;1-17(2,3)18-15-9-11-16(12-10-15)19-13-14-7-5-4-6-8-14/h4-13H,14H2,1-3H3;4-12,18H,13H2,1-3H3. The van der Waals surface area contributed by atoms with Crippen molar-refractivity contribution in [1.82, 2.24) is 4.57 Å². The average Bonchev–Trinajstić information content (AvgIpc) is 3.38. The summed E-state index contributed by atoms with van der Waals surface area (Å²) in [6.07, 6.45) is 1.83. The quantitative estimate of drug-likeness (QED) is 0.215. The van der Waals surface area contributed by atoms with E-state index in [1.54, 1.807) is 4.57 Å². The Bertz CT molecular complexity index is 1560. The van der Waals surface area contributed by atoms with Gasteiger partial charge in [-0.15, -0.1) is 0 Å². The van der Waals surface area contributed by atoms with Crippen molar-refractivity contribution in [2.24, 2.45) is 5.41 Å². The lowest BCUT2D eigenvalue weighted by atomic mass is 9.95. The van der Waals surface area contributed by atoms with Crippen LogP contribution >= 0.6 is 0 Å². The maximum atomic E-state index is 12.5. The van der Waals surface area contributed by atoms with Crippen molar-refractivity contribution >= 4 is 22.5 Å². The predicted molar refractivity (Wildman–Crippen MR) is 173 cm³/mol. The number of carbonyl (C=O) groups is 1. The van der Waals surface area contributed by atoms with E-state index in [0.717, 1.165) is 33.7 Å². The summed E-state index contributed by atoms with van der Waals surface area (Å²) in [5, 5.41) is 4.43. The molecule has 5 aromatic rings. The van der Waals surface area contributed by atoms with E-state index in [9.17, 15) is 4.79 Å². The van der Waals surface area contributed by atoms with Gasteiger partial charge in [0.15, 0.2) is 0 Å². The van der Waals surface area contributed by atoms with Gasteiger partial charge in [0.05, 0.1) is 5.52 Å². The highest BCUT2D eigenvalue weighted by molar-refractivity contribution is 5.95. The highest BCUT2D eigenvalue weighted by Crippen LogP contribution is 2.26. The predicted octanol–water partition coefficient (Wildman–Crippen LogP) is 9.38. The van der Waals surface area contributed by atoms with Gasteiger partial charge in [0.1, 0.15) is 24.7 Å². The molecule has 0 spiro atoms. The van der Waals surface area contributed by atoms with Gasteiger partial charge in [-0.25, -0.2) is 0 Å². The van der Waals surface area contributed by atoms with Crippen LogP contribution in [0.1, 0.15) is 57.5 Å². The summed E-state index contributed by atoms with van der Waals surface area (Å²) in [5.41, 5.74) is 4.00. The minimum atomic E-state index is -0.408. The number of hydrogen-bond acceptors (Lipinski definition) is 4. The van der Waals surface area contributed by atoms with Crippen molar-refractivity contribution < 1.29 is 14.3 Å². The van der Waals surface area contributed by atoms with E-state index in [2.05, 4.69) is 38.2 Å². The number of nitrogens with one attached hydrogen (secondary N) is 1. The summed E-state index contributed by atoms with van der Waals surface area (Å²) in [4.78, 5) is 12.5. The molecule has 0 saturated carbocycles. The fourth-order valence-corrected chi connectivity index (χ4v) is 4.30. The molecule has 1 N–H and O–H groups in total. The van der Waals surface area contributed by atoms with Crippen molar-refractivity contribution in [3.8, 4) is 11.5 Å². The van der Waals surface area contributed by atoms with Crippen LogP contribution in [0.15, 0.2) is 115 Å². The second-order valence-corrected chi connectivity index (χ2v) is 12.4. The van der Waals surface area contributed by atoms with Crippen molar-refractivity contribution in [2.45, 2.75) is 60.3 Å². The molecule has 5 rings (SSSR count). The molecule has 0 fully saturated rings. The first kappa shape index (κ1) is 30.4. The zero-order chi connectivity index (χ0) is 30.2. The highest BCUT2D eigenvalue weighted by Gasteiger charge is 2.24. The van der Waals surface area contributed by atoms with E-state index in [1.165, 1.54) is 5.56 Å². The summed E-state index contributed by atoms with van der Waals surface area (Å²) in [6, 6.07) is 36.1. The molecule has 0 amide bonds. The first-order valence-electron chi connectivity index (χ1n) is 14.4. The molecule has 0 radical (unpaired) electrons. The van der Waals surface area contributed by atoms with Gasteiger partial charge in [-0.3, -0.25) is 9.36 Å². The summed E-state index contributed by atoms with van der Waals surface area (Å²) < 4.78 is 13.3. The summed E-state index contributed by atoms with van der Waals surface area (Å²) in [7, 11) is 0. The molecule has 0 bridgehead atoms. The van der Waals surface area contributed by atoms with Crippen molar-refractivity contribution in [2.75, 3.05) is 5.32 Å². The summed E-state index contributed by atoms with van der Waals surface area (Å²) in [6.45, 7) is 13.4. The fourth-order valence-electron chi connectivity index (χ4n) is 4.30. The Labute approximate surface area is 250 Å². The number of benzene rings is 4. The third-order valence-corrected chi connectivity index (χ3v) is 6.39.